The van der Waals surface area contributed by atoms with E-state index in [-0.39, 0.29) is 24.3 Å². The summed E-state index contributed by atoms with van der Waals surface area (Å²) in [4.78, 5) is 28.4. The molecule has 1 N–H and O–H groups in total. The third kappa shape index (κ3) is 6.49. The maximum Gasteiger partial charge on any atom is 0.243 e. The van der Waals surface area contributed by atoms with Gasteiger partial charge in [0, 0.05) is 17.6 Å². The number of hydrogen-bond donors (Lipinski definition) is 1. The lowest BCUT2D eigenvalue weighted by molar-refractivity contribution is -0.141. The number of hydrogen-bond acceptors (Lipinski definition) is 3. The van der Waals surface area contributed by atoms with Gasteiger partial charge in [0.25, 0.3) is 0 Å². The quantitative estimate of drug-likeness (QED) is 0.567. The van der Waals surface area contributed by atoms with Crippen LogP contribution in [0, 0.1) is 0 Å². The summed E-state index contributed by atoms with van der Waals surface area (Å²) in [5.74, 6) is 0.572. The van der Waals surface area contributed by atoms with Crippen LogP contribution in [0.1, 0.15) is 56.6 Å². The predicted molar refractivity (Wildman–Crippen MR) is 128 cm³/mol. The van der Waals surface area contributed by atoms with Crippen LogP contribution in [0.3, 0.4) is 0 Å². The highest BCUT2D eigenvalue weighted by Crippen LogP contribution is 2.22. The molecule has 2 aromatic rings. The van der Waals surface area contributed by atoms with Gasteiger partial charge in [-0.2, -0.15) is 0 Å². The molecule has 0 saturated heterocycles. The summed E-state index contributed by atoms with van der Waals surface area (Å²) in [6.07, 6.45) is 6.27. The lowest BCUT2D eigenvalue weighted by atomic mass is 9.95. The predicted octanol–water partition coefficient (Wildman–Crippen LogP) is 5.15. The topological polar surface area (TPSA) is 58.6 Å². The van der Waals surface area contributed by atoms with Crippen molar-refractivity contribution in [3.8, 4) is 5.75 Å². The second-order valence-electron chi connectivity index (χ2n) is 8.41. The minimum Gasteiger partial charge on any atom is -0.497 e. The molecule has 0 aliphatic heterocycles. The summed E-state index contributed by atoms with van der Waals surface area (Å²) in [5.41, 5.74) is 1.71. The maximum absolute atomic E-state index is 13.5. The molecule has 3 rings (SSSR count). The molecular weight excluding hydrogens is 424 g/mol. The van der Waals surface area contributed by atoms with Gasteiger partial charge < -0.3 is 15.0 Å². The fourth-order valence-electron chi connectivity index (χ4n) is 4.29. The Kier molecular flexibility index (Phi) is 8.98. The van der Waals surface area contributed by atoms with Crippen molar-refractivity contribution in [2.24, 2.45) is 0 Å². The van der Waals surface area contributed by atoms with Crippen LogP contribution in [0.5, 0.6) is 5.75 Å². The van der Waals surface area contributed by atoms with Crippen molar-refractivity contribution in [1.82, 2.24) is 10.2 Å². The minimum absolute atomic E-state index is 0.0745. The molecule has 0 unspecified atom stereocenters. The van der Waals surface area contributed by atoms with E-state index in [4.69, 9.17) is 16.3 Å². The highest BCUT2D eigenvalue weighted by Gasteiger charge is 2.30. The molecule has 1 aliphatic rings. The number of methoxy groups -OCH3 is 1. The molecule has 32 heavy (non-hydrogen) atoms. The Hall–Kier alpha value is -2.53. The fourth-order valence-corrected chi connectivity index (χ4v) is 4.49. The van der Waals surface area contributed by atoms with E-state index in [1.165, 1.54) is 6.42 Å². The fraction of sp³-hybridized carbons (Fsp3) is 0.462. The zero-order chi connectivity index (χ0) is 22.9. The first-order valence-corrected chi connectivity index (χ1v) is 11.9. The van der Waals surface area contributed by atoms with E-state index >= 15 is 0 Å². The van der Waals surface area contributed by atoms with E-state index in [9.17, 15) is 9.59 Å². The molecule has 0 radical (unpaired) electrons. The van der Waals surface area contributed by atoms with Crippen LogP contribution in [0.15, 0.2) is 48.5 Å². The second-order valence-corrected chi connectivity index (χ2v) is 8.81. The number of benzene rings is 2. The van der Waals surface area contributed by atoms with E-state index in [2.05, 4.69) is 5.32 Å². The van der Waals surface area contributed by atoms with Crippen molar-refractivity contribution in [2.45, 2.75) is 70.5 Å². The van der Waals surface area contributed by atoms with Gasteiger partial charge in [-0.15, -0.1) is 0 Å². The molecule has 1 fully saturated rings. The molecule has 1 saturated carbocycles. The number of nitrogens with one attached hydrogen (secondary N) is 1. The maximum atomic E-state index is 13.5. The lowest BCUT2D eigenvalue weighted by Crippen LogP contribution is -2.52. The van der Waals surface area contributed by atoms with E-state index in [0.29, 0.717) is 18.0 Å². The monoisotopic (exact) mass is 456 g/mol. The van der Waals surface area contributed by atoms with Crippen molar-refractivity contribution in [3.05, 3.63) is 64.7 Å². The highest BCUT2D eigenvalue weighted by atomic mass is 35.5. The SMILES string of the molecule is CC[C@@H](C(=O)NC1CCCCC1)N(Cc1ccccc1Cl)C(=O)Cc1ccc(OC)cc1. The number of nitrogens with zero attached hydrogens (tertiary/aromatic N) is 1. The van der Waals surface area contributed by atoms with Gasteiger partial charge in [-0.25, -0.2) is 0 Å². The second kappa shape index (κ2) is 11.9. The Morgan fingerprint density at radius 2 is 1.78 bits per heavy atom. The Morgan fingerprint density at radius 3 is 2.41 bits per heavy atom. The molecule has 0 aromatic heterocycles. The van der Waals surface area contributed by atoms with Gasteiger partial charge >= 0.3 is 0 Å². The summed E-state index contributed by atoms with van der Waals surface area (Å²) in [6.45, 7) is 2.25. The highest BCUT2D eigenvalue weighted by molar-refractivity contribution is 6.31. The van der Waals surface area contributed by atoms with Gasteiger partial charge in [-0.1, -0.05) is 68.1 Å². The van der Waals surface area contributed by atoms with Crippen LogP contribution in [0.25, 0.3) is 0 Å². The van der Waals surface area contributed by atoms with Crippen molar-refractivity contribution < 1.29 is 14.3 Å². The number of ether oxygens (including phenoxy) is 1. The molecule has 2 amide bonds. The molecule has 6 heteroatoms. The van der Waals surface area contributed by atoms with Gasteiger partial charge in [0.2, 0.25) is 11.8 Å². The molecular formula is C26H33ClN2O3. The van der Waals surface area contributed by atoms with Crippen LogP contribution in [-0.4, -0.2) is 35.9 Å². The number of halogens is 1. The van der Waals surface area contributed by atoms with E-state index in [1.807, 2.05) is 55.5 Å². The smallest absolute Gasteiger partial charge is 0.243 e. The third-order valence-corrected chi connectivity index (χ3v) is 6.52. The van der Waals surface area contributed by atoms with E-state index < -0.39 is 6.04 Å². The standard InChI is InChI=1S/C26H33ClN2O3/c1-3-24(26(31)28-21-10-5-4-6-11-21)29(18-20-9-7-8-12-23(20)27)25(30)17-19-13-15-22(32-2)16-14-19/h7-9,12-16,21,24H,3-6,10-11,17-18H2,1-2H3,(H,28,31)/t24-/m0/s1. The van der Waals surface area contributed by atoms with E-state index in [1.54, 1.807) is 12.0 Å². The zero-order valence-electron chi connectivity index (χ0n) is 19.0. The molecule has 0 bridgehead atoms. The largest absolute Gasteiger partial charge is 0.497 e. The van der Waals surface area contributed by atoms with Crippen LogP contribution >= 0.6 is 11.6 Å². The van der Waals surface area contributed by atoms with Crippen LogP contribution < -0.4 is 10.1 Å². The lowest BCUT2D eigenvalue weighted by Gasteiger charge is -2.33. The van der Waals surface area contributed by atoms with Crippen molar-refractivity contribution in [1.29, 1.82) is 0 Å². The molecule has 5 nitrogen and oxygen atoms in total. The van der Waals surface area contributed by atoms with Crippen molar-refractivity contribution in [3.63, 3.8) is 0 Å². The first-order valence-electron chi connectivity index (χ1n) is 11.5. The van der Waals surface area contributed by atoms with Gasteiger partial charge in [0.05, 0.1) is 13.5 Å². The average Bonchev–Trinajstić information content (AvgIpc) is 2.81. The number of rotatable bonds is 9. The normalized spacial score (nSPS) is 15.1. The molecule has 2 aromatic carbocycles. The summed E-state index contributed by atoms with van der Waals surface area (Å²) in [7, 11) is 1.61. The molecule has 1 atom stereocenters. The first-order chi connectivity index (χ1) is 15.5. The third-order valence-electron chi connectivity index (χ3n) is 6.15. The summed E-state index contributed by atoms with van der Waals surface area (Å²) in [5, 5.41) is 3.80. The van der Waals surface area contributed by atoms with Gasteiger partial charge in [0.1, 0.15) is 11.8 Å². The van der Waals surface area contributed by atoms with Gasteiger partial charge in [-0.05, 0) is 48.6 Å². The summed E-state index contributed by atoms with van der Waals surface area (Å²) in [6, 6.07) is 14.6. The van der Waals surface area contributed by atoms with Crippen LogP contribution in [0.4, 0.5) is 0 Å². The Balaban J connectivity index is 1.80. The van der Waals surface area contributed by atoms with Gasteiger partial charge in [-0.3, -0.25) is 9.59 Å². The Labute approximate surface area is 196 Å². The zero-order valence-corrected chi connectivity index (χ0v) is 19.7. The number of carbonyl (C=O) groups excluding carboxylic acids is 2. The van der Waals surface area contributed by atoms with Gasteiger partial charge in [0.15, 0.2) is 0 Å². The Morgan fingerprint density at radius 1 is 1.09 bits per heavy atom. The number of amides is 2. The minimum atomic E-state index is -0.543. The van der Waals surface area contributed by atoms with Crippen molar-refractivity contribution >= 4 is 23.4 Å². The average molecular weight is 457 g/mol. The Bertz CT molecular complexity index is 894. The molecule has 0 spiro atoms. The van der Waals surface area contributed by atoms with E-state index in [0.717, 1.165) is 42.6 Å². The molecule has 0 heterocycles. The van der Waals surface area contributed by atoms with Crippen molar-refractivity contribution in [2.75, 3.05) is 7.11 Å². The first kappa shape index (κ1) is 24.1. The molecule has 172 valence electrons. The van der Waals surface area contributed by atoms with Crippen LogP contribution in [-0.2, 0) is 22.6 Å². The van der Waals surface area contributed by atoms with Crippen LogP contribution in [0.2, 0.25) is 5.02 Å². The molecule has 1 aliphatic carbocycles. The summed E-state index contributed by atoms with van der Waals surface area (Å²) >= 11 is 6.40. The number of carbonyl (C=O) groups is 2. The summed E-state index contributed by atoms with van der Waals surface area (Å²) < 4.78 is 5.21.